The normalized spacial score (nSPS) is 15.0. The quantitative estimate of drug-likeness (QED) is 0.337. The molecular weight excluding hydrogens is 328 g/mol. The number of aliphatic imine (C=N–C) groups is 1. The van der Waals surface area contributed by atoms with Gasteiger partial charge in [-0.15, -0.1) is 0 Å². The minimum Gasteiger partial charge on any atom is -0.463 e. The highest BCUT2D eigenvalue weighted by molar-refractivity contribution is 5.79. The summed E-state index contributed by atoms with van der Waals surface area (Å²) in [6, 6.07) is 4.75. The van der Waals surface area contributed by atoms with Crippen LogP contribution in [0.3, 0.4) is 0 Å². The summed E-state index contributed by atoms with van der Waals surface area (Å²) in [5.74, 6) is 2.05. The highest BCUT2D eigenvalue weighted by Crippen LogP contribution is 2.23. The number of nitrogens with zero attached hydrogens (tertiary/aromatic N) is 2. The van der Waals surface area contributed by atoms with E-state index in [1.54, 1.807) is 13.0 Å². The molecule has 6 nitrogen and oxygen atoms in total. The van der Waals surface area contributed by atoms with Gasteiger partial charge in [0.15, 0.2) is 5.96 Å². The van der Waals surface area contributed by atoms with Gasteiger partial charge in [0.2, 0.25) is 0 Å². The Bertz CT molecular complexity index is 542. The van der Waals surface area contributed by atoms with Crippen molar-refractivity contribution in [3.05, 3.63) is 23.7 Å². The van der Waals surface area contributed by atoms with Gasteiger partial charge in [0.1, 0.15) is 17.1 Å². The summed E-state index contributed by atoms with van der Waals surface area (Å²) in [6.07, 6.45) is 1.04. The zero-order chi connectivity index (χ0) is 19.7. The van der Waals surface area contributed by atoms with Crippen LogP contribution in [0.25, 0.3) is 0 Å². The van der Waals surface area contributed by atoms with E-state index in [-0.39, 0.29) is 6.54 Å². The Morgan fingerprint density at radius 2 is 1.88 bits per heavy atom. The summed E-state index contributed by atoms with van der Waals surface area (Å²) in [5, 5.41) is 17.2. The molecule has 3 N–H and O–H groups in total. The number of rotatable bonds is 10. The van der Waals surface area contributed by atoms with E-state index < -0.39 is 5.60 Å². The molecule has 26 heavy (non-hydrogen) atoms. The van der Waals surface area contributed by atoms with E-state index in [4.69, 9.17) is 4.42 Å². The van der Waals surface area contributed by atoms with E-state index in [9.17, 15) is 5.11 Å². The average molecular weight is 367 g/mol. The summed E-state index contributed by atoms with van der Waals surface area (Å²) in [6.45, 7) is 17.5. The highest BCUT2D eigenvalue weighted by atomic mass is 16.4. The Kier molecular flexibility index (Phi) is 9.16. The van der Waals surface area contributed by atoms with E-state index in [1.807, 2.05) is 19.9 Å². The molecule has 6 heteroatoms. The molecule has 0 aromatic carbocycles. The standard InChI is InChI=1S/C20H38N4O2/c1-8-21-19(22-12-9-13-24(15(2)3)16(4)5)23-14-20(7,25)18-11-10-17(6)26-18/h10-11,15-16,25H,8-9,12-14H2,1-7H3,(H2,21,22,23). The molecule has 150 valence electrons. The smallest absolute Gasteiger partial charge is 0.191 e. The van der Waals surface area contributed by atoms with Crippen molar-refractivity contribution in [1.82, 2.24) is 15.5 Å². The van der Waals surface area contributed by atoms with Gasteiger partial charge in [-0.25, -0.2) is 4.99 Å². The summed E-state index contributed by atoms with van der Waals surface area (Å²) in [7, 11) is 0. The summed E-state index contributed by atoms with van der Waals surface area (Å²) in [4.78, 5) is 7.01. The zero-order valence-corrected chi connectivity index (χ0v) is 17.6. The maximum Gasteiger partial charge on any atom is 0.191 e. The first kappa shape index (κ1) is 22.5. The molecule has 0 spiro atoms. The molecule has 0 radical (unpaired) electrons. The second-order valence-electron chi connectivity index (χ2n) is 7.58. The van der Waals surface area contributed by atoms with Crippen LogP contribution in [0.1, 0.15) is 59.5 Å². The molecule has 0 saturated heterocycles. The Morgan fingerprint density at radius 1 is 1.23 bits per heavy atom. The van der Waals surface area contributed by atoms with Crippen LogP contribution in [0.5, 0.6) is 0 Å². The third kappa shape index (κ3) is 7.38. The fourth-order valence-corrected chi connectivity index (χ4v) is 2.96. The Morgan fingerprint density at radius 3 is 2.38 bits per heavy atom. The SMILES string of the molecule is CCNC(=NCC(C)(O)c1ccc(C)o1)NCCCN(C(C)C)C(C)C. The number of nitrogens with one attached hydrogen (secondary N) is 2. The lowest BCUT2D eigenvalue weighted by Gasteiger charge is -2.30. The monoisotopic (exact) mass is 366 g/mol. The minimum atomic E-state index is -1.12. The van der Waals surface area contributed by atoms with Crippen molar-refractivity contribution in [2.45, 2.75) is 72.6 Å². The summed E-state index contributed by atoms with van der Waals surface area (Å²) < 4.78 is 5.54. The van der Waals surface area contributed by atoms with Gasteiger partial charge < -0.3 is 20.2 Å². The lowest BCUT2D eigenvalue weighted by atomic mass is 10.0. The predicted molar refractivity (Wildman–Crippen MR) is 109 cm³/mol. The van der Waals surface area contributed by atoms with Crippen LogP contribution >= 0.6 is 0 Å². The van der Waals surface area contributed by atoms with Crippen LogP contribution in [0.15, 0.2) is 21.5 Å². The van der Waals surface area contributed by atoms with E-state index in [1.165, 1.54) is 0 Å². The van der Waals surface area contributed by atoms with E-state index in [2.05, 4.69) is 48.2 Å². The molecule has 1 unspecified atom stereocenters. The first-order chi connectivity index (χ1) is 12.2. The van der Waals surface area contributed by atoms with E-state index in [0.717, 1.165) is 37.8 Å². The van der Waals surface area contributed by atoms with Crippen LogP contribution in [0.4, 0.5) is 0 Å². The van der Waals surface area contributed by atoms with Crippen LogP contribution in [0.2, 0.25) is 0 Å². The molecule has 0 bridgehead atoms. The van der Waals surface area contributed by atoms with Crippen molar-refractivity contribution in [2.75, 3.05) is 26.2 Å². The number of guanidine groups is 1. The lowest BCUT2D eigenvalue weighted by Crippen LogP contribution is -2.42. The number of hydrogen-bond donors (Lipinski definition) is 3. The number of furan rings is 1. The second kappa shape index (κ2) is 10.6. The van der Waals surface area contributed by atoms with Crippen LogP contribution in [-0.4, -0.2) is 54.2 Å². The van der Waals surface area contributed by atoms with Gasteiger partial charge in [0, 0.05) is 31.7 Å². The molecule has 1 aromatic heterocycles. The van der Waals surface area contributed by atoms with Crippen LogP contribution in [0, 0.1) is 6.92 Å². The van der Waals surface area contributed by atoms with Crippen LogP contribution in [-0.2, 0) is 5.60 Å². The van der Waals surface area contributed by atoms with Gasteiger partial charge in [0.05, 0.1) is 6.54 Å². The van der Waals surface area contributed by atoms with Gasteiger partial charge in [-0.05, 0) is 67.0 Å². The maximum absolute atomic E-state index is 10.6. The molecule has 0 aliphatic heterocycles. The third-order valence-electron chi connectivity index (χ3n) is 4.37. The molecule has 1 aromatic rings. The second-order valence-corrected chi connectivity index (χ2v) is 7.58. The number of aryl methyl sites for hydroxylation is 1. The predicted octanol–water partition coefficient (Wildman–Crippen LogP) is 2.86. The van der Waals surface area contributed by atoms with Crippen LogP contribution < -0.4 is 10.6 Å². The maximum atomic E-state index is 10.6. The summed E-state index contributed by atoms with van der Waals surface area (Å²) >= 11 is 0. The molecule has 1 atom stereocenters. The first-order valence-electron chi connectivity index (χ1n) is 9.74. The van der Waals surface area contributed by atoms with Gasteiger partial charge in [-0.3, -0.25) is 4.90 Å². The van der Waals surface area contributed by atoms with Gasteiger partial charge in [-0.2, -0.15) is 0 Å². The topological polar surface area (TPSA) is 73.0 Å². The number of aliphatic hydroxyl groups is 1. The molecule has 0 aliphatic carbocycles. The van der Waals surface area contributed by atoms with E-state index in [0.29, 0.717) is 17.8 Å². The van der Waals surface area contributed by atoms with Crippen molar-refractivity contribution in [1.29, 1.82) is 0 Å². The lowest BCUT2D eigenvalue weighted by molar-refractivity contribution is 0.0428. The van der Waals surface area contributed by atoms with Gasteiger partial charge >= 0.3 is 0 Å². The largest absolute Gasteiger partial charge is 0.463 e. The van der Waals surface area contributed by atoms with Crippen molar-refractivity contribution in [2.24, 2.45) is 4.99 Å². The van der Waals surface area contributed by atoms with Gasteiger partial charge in [-0.1, -0.05) is 0 Å². The van der Waals surface area contributed by atoms with E-state index >= 15 is 0 Å². The Labute approximate surface area is 159 Å². The van der Waals surface area contributed by atoms with Crippen molar-refractivity contribution >= 4 is 5.96 Å². The molecule has 0 saturated carbocycles. The molecule has 0 fully saturated rings. The van der Waals surface area contributed by atoms with Crippen molar-refractivity contribution in [3.63, 3.8) is 0 Å². The minimum absolute atomic E-state index is 0.236. The fraction of sp³-hybridized carbons (Fsp3) is 0.750. The Balaban J connectivity index is 2.55. The first-order valence-corrected chi connectivity index (χ1v) is 9.74. The van der Waals surface area contributed by atoms with Crippen molar-refractivity contribution in [3.8, 4) is 0 Å². The molecule has 1 heterocycles. The molecule has 0 aliphatic rings. The highest BCUT2D eigenvalue weighted by Gasteiger charge is 2.26. The average Bonchev–Trinajstić information content (AvgIpc) is 2.99. The fourth-order valence-electron chi connectivity index (χ4n) is 2.96. The molecular formula is C20H38N4O2. The van der Waals surface area contributed by atoms with Crippen molar-refractivity contribution < 1.29 is 9.52 Å². The zero-order valence-electron chi connectivity index (χ0n) is 17.6. The Hall–Kier alpha value is -1.53. The molecule has 0 amide bonds. The third-order valence-corrected chi connectivity index (χ3v) is 4.37. The molecule has 1 rings (SSSR count). The van der Waals surface area contributed by atoms with Gasteiger partial charge in [0.25, 0.3) is 0 Å². The summed E-state index contributed by atoms with van der Waals surface area (Å²) in [5.41, 5.74) is -1.12. The number of hydrogen-bond acceptors (Lipinski definition) is 4.